The van der Waals surface area contributed by atoms with Crippen LogP contribution < -0.4 is 4.90 Å². The van der Waals surface area contributed by atoms with Crippen LogP contribution in [0.1, 0.15) is 26.3 Å². The summed E-state index contributed by atoms with van der Waals surface area (Å²) < 4.78 is 5.78. The van der Waals surface area contributed by atoms with Gasteiger partial charge in [0.1, 0.15) is 11.4 Å². The minimum Gasteiger partial charge on any atom is -0.508 e. The lowest BCUT2D eigenvalue weighted by Gasteiger charge is -2.29. The van der Waals surface area contributed by atoms with Crippen molar-refractivity contribution in [3.63, 3.8) is 0 Å². The molecular weight excluding hydrogens is 214 g/mol. The van der Waals surface area contributed by atoms with Gasteiger partial charge in [0.15, 0.2) is 5.88 Å². The minimum atomic E-state index is -0.239. The number of phenolic OH excluding ortho intramolecular Hbond substituents is 1. The van der Waals surface area contributed by atoms with Crippen molar-refractivity contribution in [3.05, 3.63) is 36.2 Å². The molecule has 17 heavy (non-hydrogen) atoms. The standard InChI is InChI=1S/C14H19NO2/c1-10(17-14(2,3)4)15-8-7-11-9-12(16)5-6-13(11)15/h5-6,9,16H,1,7-8H2,2-4H3. The molecule has 0 aromatic heterocycles. The second-order valence-electron chi connectivity index (χ2n) is 5.32. The van der Waals surface area contributed by atoms with Crippen LogP contribution in [-0.2, 0) is 11.2 Å². The Kier molecular flexibility index (Phi) is 2.77. The first-order chi connectivity index (χ1) is 7.87. The molecule has 1 heterocycles. The summed E-state index contributed by atoms with van der Waals surface area (Å²) in [5.41, 5.74) is 1.98. The molecule has 1 aliphatic rings. The number of phenols is 1. The number of rotatable bonds is 2. The first-order valence-electron chi connectivity index (χ1n) is 5.84. The van der Waals surface area contributed by atoms with Gasteiger partial charge >= 0.3 is 0 Å². The molecule has 2 rings (SSSR count). The lowest BCUT2D eigenvalue weighted by Crippen LogP contribution is -2.28. The lowest BCUT2D eigenvalue weighted by molar-refractivity contribution is 0.0494. The maximum absolute atomic E-state index is 9.44. The van der Waals surface area contributed by atoms with Gasteiger partial charge in [-0.3, -0.25) is 0 Å². The lowest BCUT2D eigenvalue weighted by atomic mass is 10.1. The van der Waals surface area contributed by atoms with Crippen molar-refractivity contribution < 1.29 is 9.84 Å². The van der Waals surface area contributed by atoms with Crippen LogP contribution in [0.3, 0.4) is 0 Å². The number of nitrogens with zero attached hydrogens (tertiary/aromatic N) is 1. The molecule has 92 valence electrons. The number of ether oxygens (including phenoxy) is 1. The highest BCUT2D eigenvalue weighted by Crippen LogP contribution is 2.34. The summed E-state index contributed by atoms with van der Waals surface area (Å²) in [6, 6.07) is 5.41. The summed E-state index contributed by atoms with van der Waals surface area (Å²) >= 11 is 0. The van der Waals surface area contributed by atoms with Crippen LogP contribution in [0.4, 0.5) is 5.69 Å². The van der Waals surface area contributed by atoms with E-state index in [2.05, 4.69) is 11.5 Å². The number of aromatic hydroxyl groups is 1. The molecule has 0 saturated carbocycles. The second-order valence-corrected chi connectivity index (χ2v) is 5.32. The van der Waals surface area contributed by atoms with Crippen LogP contribution in [0.2, 0.25) is 0 Å². The highest BCUT2D eigenvalue weighted by atomic mass is 16.5. The van der Waals surface area contributed by atoms with Crippen molar-refractivity contribution in [3.8, 4) is 5.75 Å². The van der Waals surface area contributed by atoms with Gasteiger partial charge in [-0.2, -0.15) is 0 Å². The molecule has 0 amide bonds. The fourth-order valence-corrected chi connectivity index (χ4v) is 2.06. The average molecular weight is 233 g/mol. The SMILES string of the molecule is C=C(OC(C)(C)C)N1CCc2cc(O)ccc21. The van der Waals surface area contributed by atoms with Gasteiger partial charge in [-0.1, -0.05) is 0 Å². The van der Waals surface area contributed by atoms with Gasteiger partial charge in [0.2, 0.25) is 0 Å². The molecule has 0 radical (unpaired) electrons. The Labute approximate surface area is 102 Å². The van der Waals surface area contributed by atoms with Crippen molar-refractivity contribution in [1.29, 1.82) is 0 Å². The second kappa shape index (κ2) is 3.99. The van der Waals surface area contributed by atoms with E-state index >= 15 is 0 Å². The topological polar surface area (TPSA) is 32.7 Å². The molecule has 0 aliphatic carbocycles. The molecule has 1 aromatic rings. The number of hydrogen-bond donors (Lipinski definition) is 1. The third-order valence-corrected chi connectivity index (χ3v) is 2.68. The first kappa shape index (κ1) is 11.8. The monoisotopic (exact) mass is 233 g/mol. The molecule has 1 aliphatic heterocycles. The van der Waals surface area contributed by atoms with Gasteiger partial charge in [0.25, 0.3) is 0 Å². The molecule has 0 atom stereocenters. The van der Waals surface area contributed by atoms with E-state index in [1.54, 1.807) is 12.1 Å². The molecule has 0 bridgehead atoms. The number of fused-ring (bicyclic) bond motifs is 1. The van der Waals surface area contributed by atoms with Gasteiger partial charge in [0, 0.05) is 12.2 Å². The summed E-state index contributed by atoms with van der Waals surface area (Å²) in [4.78, 5) is 2.06. The predicted molar refractivity (Wildman–Crippen MR) is 69.1 cm³/mol. The first-order valence-corrected chi connectivity index (χ1v) is 5.84. The van der Waals surface area contributed by atoms with Crippen LogP contribution >= 0.6 is 0 Å². The summed E-state index contributed by atoms with van der Waals surface area (Å²) in [5, 5.41) is 9.44. The van der Waals surface area contributed by atoms with Gasteiger partial charge < -0.3 is 14.7 Å². The Morgan fingerprint density at radius 3 is 2.76 bits per heavy atom. The van der Waals surface area contributed by atoms with E-state index in [-0.39, 0.29) is 5.60 Å². The molecule has 0 spiro atoms. The quantitative estimate of drug-likeness (QED) is 0.797. The highest BCUT2D eigenvalue weighted by Gasteiger charge is 2.24. The smallest absolute Gasteiger partial charge is 0.186 e. The van der Waals surface area contributed by atoms with Crippen LogP contribution in [0.5, 0.6) is 5.75 Å². The summed E-state index contributed by atoms with van der Waals surface area (Å²) in [6.07, 6.45) is 0.913. The van der Waals surface area contributed by atoms with E-state index in [9.17, 15) is 5.11 Å². The van der Waals surface area contributed by atoms with E-state index in [4.69, 9.17) is 4.74 Å². The third kappa shape index (κ3) is 2.54. The van der Waals surface area contributed by atoms with Gasteiger partial charge in [0.05, 0.1) is 0 Å². The maximum atomic E-state index is 9.44. The Morgan fingerprint density at radius 1 is 1.41 bits per heavy atom. The van der Waals surface area contributed by atoms with E-state index in [0.29, 0.717) is 11.6 Å². The minimum absolute atomic E-state index is 0.239. The zero-order valence-electron chi connectivity index (χ0n) is 10.7. The van der Waals surface area contributed by atoms with Crippen LogP contribution in [0.25, 0.3) is 0 Å². The van der Waals surface area contributed by atoms with Gasteiger partial charge in [-0.05, 0) is 57.5 Å². The van der Waals surface area contributed by atoms with Crippen LogP contribution in [-0.4, -0.2) is 17.3 Å². The molecule has 0 unspecified atom stereocenters. The van der Waals surface area contributed by atoms with Crippen molar-refractivity contribution in [2.24, 2.45) is 0 Å². The average Bonchev–Trinajstić information content (AvgIpc) is 2.57. The van der Waals surface area contributed by atoms with Gasteiger partial charge in [-0.15, -0.1) is 0 Å². The molecular formula is C14H19NO2. The van der Waals surface area contributed by atoms with E-state index in [0.717, 1.165) is 24.2 Å². The van der Waals surface area contributed by atoms with Crippen molar-refractivity contribution in [2.75, 3.05) is 11.4 Å². The zero-order chi connectivity index (χ0) is 12.6. The number of anilines is 1. The molecule has 3 heteroatoms. The summed E-state index contributed by atoms with van der Waals surface area (Å²) in [5.74, 6) is 0.981. The van der Waals surface area contributed by atoms with Crippen LogP contribution in [0, 0.1) is 0 Å². The van der Waals surface area contributed by atoms with Crippen LogP contribution in [0.15, 0.2) is 30.7 Å². The van der Waals surface area contributed by atoms with Crippen molar-refractivity contribution >= 4 is 5.69 Å². The van der Waals surface area contributed by atoms with E-state index in [1.807, 2.05) is 26.8 Å². The zero-order valence-corrected chi connectivity index (χ0v) is 10.7. The fraction of sp³-hybridized carbons (Fsp3) is 0.429. The van der Waals surface area contributed by atoms with Gasteiger partial charge in [-0.25, -0.2) is 0 Å². The number of benzene rings is 1. The third-order valence-electron chi connectivity index (χ3n) is 2.68. The molecule has 1 aromatic carbocycles. The Balaban J connectivity index is 2.20. The Bertz CT molecular complexity index is 446. The Hall–Kier alpha value is -1.64. The largest absolute Gasteiger partial charge is 0.508 e. The molecule has 0 saturated heterocycles. The molecule has 1 N–H and O–H groups in total. The number of hydrogen-bond acceptors (Lipinski definition) is 3. The van der Waals surface area contributed by atoms with Crippen molar-refractivity contribution in [1.82, 2.24) is 0 Å². The normalized spacial score (nSPS) is 14.6. The predicted octanol–water partition coefficient (Wildman–Crippen LogP) is 3.04. The summed E-state index contributed by atoms with van der Waals surface area (Å²) in [6.45, 7) is 10.9. The maximum Gasteiger partial charge on any atom is 0.186 e. The summed E-state index contributed by atoms with van der Waals surface area (Å²) in [7, 11) is 0. The van der Waals surface area contributed by atoms with Crippen molar-refractivity contribution in [2.45, 2.75) is 32.8 Å². The molecule has 3 nitrogen and oxygen atoms in total. The van der Waals surface area contributed by atoms with E-state index < -0.39 is 0 Å². The fourth-order valence-electron chi connectivity index (χ4n) is 2.06. The molecule has 0 fully saturated rings. The van der Waals surface area contributed by atoms with E-state index in [1.165, 1.54) is 0 Å². The Morgan fingerprint density at radius 2 is 2.12 bits per heavy atom. The highest BCUT2D eigenvalue weighted by molar-refractivity contribution is 5.62.